The number of rotatable bonds is 7. The number of carbonyl (C=O) groups excluding carboxylic acids is 2. The van der Waals surface area contributed by atoms with Crippen LogP contribution in [0.15, 0.2) is 53.8 Å². The van der Waals surface area contributed by atoms with Crippen LogP contribution in [0.4, 0.5) is 0 Å². The van der Waals surface area contributed by atoms with Gasteiger partial charge in [0.15, 0.2) is 5.60 Å². The third-order valence-electron chi connectivity index (χ3n) is 6.05. The Hall–Kier alpha value is -3.78. The van der Waals surface area contributed by atoms with E-state index in [1.165, 1.54) is 4.57 Å². The first-order valence-corrected chi connectivity index (χ1v) is 11.2. The van der Waals surface area contributed by atoms with E-state index in [0.29, 0.717) is 11.4 Å². The molecule has 8 nitrogen and oxygen atoms in total. The highest BCUT2D eigenvalue weighted by Gasteiger charge is 2.41. The van der Waals surface area contributed by atoms with Gasteiger partial charge in [-0.1, -0.05) is 31.7 Å². The van der Waals surface area contributed by atoms with Gasteiger partial charge in [0.05, 0.1) is 29.0 Å². The molecule has 176 valence electrons. The van der Waals surface area contributed by atoms with Gasteiger partial charge in [0.1, 0.15) is 6.61 Å². The molecule has 1 amide bonds. The lowest BCUT2D eigenvalue weighted by Crippen LogP contribution is -2.48. The van der Waals surface area contributed by atoms with Gasteiger partial charge in [0, 0.05) is 28.6 Å². The normalized spacial score (nSPS) is 13.8. The number of carbonyl (C=O) groups is 2. The van der Waals surface area contributed by atoms with Crippen molar-refractivity contribution < 1.29 is 19.4 Å². The molecule has 1 atom stereocenters. The Morgan fingerprint density at radius 1 is 1.32 bits per heavy atom. The molecule has 4 rings (SSSR count). The summed E-state index contributed by atoms with van der Waals surface area (Å²) in [6, 6.07) is 11.0. The fourth-order valence-electron chi connectivity index (χ4n) is 4.28. The van der Waals surface area contributed by atoms with E-state index in [2.05, 4.69) is 11.9 Å². The number of hydrogen-bond donors (Lipinski definition) is 2. The monoisotopic (exact) mass is 461 g/mol. The van der Waals surface area contributed by atoms with E-state index < -0.39 is 29.6 Å². The molecule has 0 unspecified atom stereocenters. The molecular weight excluding hydrogens is 434 g/mol. The molecule has 8 heteroatoms. The zero-order valence-electron chi connectivity index (χ0n) is 19.4. The van der Waals surface area contributed by atoms with E-state index in [0.717, 1.165) is 22.5 Å². The zero-order valence-corrected chi connectivity index (χ0v) is 19.4. The van der Waals surface area contributed by atoms with Crippen LogP contribution in [0.25, 0.3) is 22.3 Å². The predicted octanol–water partition coefficient (Wildman–Crippen LogP) is 2.78. The molecule has 0 aliphatic carbocycles. The number of pyridine rings is 2. The lowest BCUT2D eigenvalue weighted by Gasteiger charge is -2.29. The van der Waals surface area contributed by atoms with Crippen molar-refractivity contribution >= 4 is 22.8 Å². The van der Waals surface area contributed by atoms with Crippen LogP contribution < -0.4 is 10.9 Å². The van der Waals surface area contributed by atoms with E-state index in [9.17, 15) is 19.5 Å². The quantitative estimate of drug-likeness (QED) is 0.323. The average Bonchev–Trinajstić information content (AvgIpc) is 3.18. The molecule has 2 N–H and O–H groups in total. The first kappa shape index (κ1) is 23.4. The Balaban J connectivity index is 1.95. The first-order chi connectivity index (χ1) is 16.2. The first-order valence-electron chi connectivity index (χ1n) is 11.2. The van der Waals surface area contributed by atoms with E-state index in [4.69, 9.17) is 9.72 Å². The minimum atomic E-state index is -2.01. The number of benzene rings is 1. The highest BCUT2D eigenvalue weighted by molar-refractivity contribution is 5.88. The van der Waals surface area contributed by atoms with E-state index >= 15 is 0 Å². The van der Waals surface area contributed by atoms with Crippen LogP contribution in [0.3, 0.4) is 0 Å². The molecular formula is C26H27N3O5. The molecule has 1 aliphatic rings. The Kier molecular flexibility index (Phi) is 6.10. The Morgan fingerprint density at radius 2 is 2.06 bits per heavy atom. The number of hydrogen-bond acceptors (Lipinski definition) is 6. The van der Waals surface area contributed by atoms with Gasteiger partial charge in [-0.3, -0.25) is 9.59 Å². The maximum absolute atomic E-state index is 13.6. The van der Waals surface area contributed by atoms with E-state index in [-0.39, 0.29) is 30.1 Å². The number of fused-ring (bicyclic) bond motifs is 4. The van der Waals surface area contributed by atoms with E-state index in [1.807, 2.05) is 30.3 Å². The van der Waals surface area contributed by atoms with Crippen molar-refractivity contribution in [1.29, 1.82) is 0 Å². The molecule has 0 saturated heterocycles. The third kappa shape index (κ3) is 3.90. The van der Waals surface area contributed by atoms with Gasteiger partial charge in [-0.25, -0.2) is 9.78 Å². The van der Waals surface area contributed by atoms with Crippen molar-refractivity contribution in [2.75, 3.05) is 0 Å². The summed E-state index contributed by atoms with van der Waals surface area (Å²) in [6.45, 7) is 8.48. The van der Waals surface area contributed by atoms with Crippen LogP contribution in [0, 0.1) is 0 Å². The molecule has 2 aromatic heterocycles. The van der Waals surface area contributed by atoms with Crippen molar-refractivity contribution in [2.24, 2.45) is 0 Å². The minimum absolute atomic E-state index is 0.00879. The Bertz CT molecular complexity index is 1370. The summed E-state index contributed by atoms with van der Waals surface area (Å²) >= 11 is 0. The molecule has 0 radical (unpaired) electrons. The molecule has 0 bridgehead atoms. The smallest absolute Gasteiger partial charge is 0.330 e. The largest absolute Gasteiger partial charge is 0.457 e. The molecule has 3 heterocycles. The molecule has 0 fully saturated rings. The fraction of sp³-hybridized carbons (Fsp3) is 0.308. The summed E-state index contributed by atoms with van der Waals surface area (Å²) in [4.78, 5) is 43.2. The topological polar surface area (TPSA) is 111 Å². The summed E-state index contributed by atoms with van der Waals surface area (Å²) in [7, 11) is 0. The lowest BCUT2D eigenvalue weighted by molar-refractivity contribution is -0.142. The van der Waals surface area contributed by atoms with Crippen LogP contribution in [0.2, 0.25) is 0 Å². The zero-order chi connectivity index (χ0) is 24.6. The average molecular weight is 462 g/mol. The number of aromatic nitrogens is 2. The number of amides is 1. The van der Waals surface area contributed by atoms with Gasteiger partial charge in [0.2, 0.25) is 0 Å². The van der Waals surface area contributed by atoms with Gasteiger partial charge in [0.25, 0.3) is 11.5 Å². The van der Waals surface area contributed by atoms with Gasteiger partial charge in [-0.15, -0.1) is 0 Å². The van der Waals surface area contributed by atoms with Crippen molar-refractivity contribution in [3.8, 4) is 11.4 Å². The van der Waals surface area contributed by atoms with Crippen molar-refractivity contribution in [3.05, 3.63) is 76.1 Å². The second-order valence-corrected chi connectivity index (χ2v) is 8.66. The summed E-state index contributed by atoms with van der Waals surface area (Å²) in [5, 5.41) is 15.2. The summed E-state index contributed by atoms with van der Waals surface area (Å²) in [5.41, 5.74) is 0.441. The van der Waals surface area contributed by atoms with Crippen molar-refractivity contribution in [3.63, 3.8) is 0 Å². The molecule has 1 aromatic carbocycles. The highest BCUT2D eigenvalue weighted by Crippen LogP contribution is 2.36. The highest BCUT2D eigenvalue weighted by atomic mass is 16.5. The number of nitrogens with zero attached hydrogens (tertiary/aromatic N) is 2. The van der Waals surface area contributed by atoms with Crippen LogP contribution >= 0.6 is 0 Å². The maximum Gasteiger partial charge on any atom is 0.330 e. The Labute approximate surface area is 196 Å². The minimum Gasteiger partial charge on any atom is -0.457 e. The molecule has 3 aromatic rings. The summed E-state index contributed by atoms with van der Waals surface area (Å²) in [5.74, 6) is -1.34. The number of esters is 1. The summed E-state index contributed by atoms with van der Waals surface area (Å²) in [6.07, 6.45) is 1.00. The molecule has 0 spiro atoms. The maximum atomic E-state index is 13.6. The van der Waals surface area contributed by atoms with Crippen LogP contribution in [-0.4, -0.2) is 32.6 Å². The fourth-order valence-corrected chi connectivity index (χ4v) is 4.28. The molecule has 1 aliphatic heterocycles. The number of nitrogens with one attached hydrogen (secondary N) is 1. The second-order valence-electron chi connectivity index (χ2n) is 8.66. The number of para-hydroxylation sites is 1. The predicted molar refractivity (Wildman–Crippen MR) is 128 cm³/mol. The van der Waals surface area contributed by atoms with E-state index in [1.54, 1.807) is 26.8 Å². The molecule has 34 heavy (non-hydrogen) atoms. The number of aliphatic hydroxyl groups is 1. The van der Waals surface area contributed by atoms with Gasteiger partial charge >= 0.3 is 5.97 Å². The van der Waals surface area contributed by atoms with Crippen molar-refractivity contribution in [1.82, 2.24) is 14.9 Å². The second kappa shape index (κ2) is 8.87. The van der Waals surface area contributed by atoms with Crippen LogP contribution in [0.5, 0.6) is 0 Å². The Morgan fingerprint density at radius 3 is 2.74 bits per heavy atom. The van der Waals surface area contributed by atoms with Gasteiger partial charge in [-0.2, -0.15) is 0 Å². The van der Waals surface area contributed by atoms with Crippen molar-refractivity contribution in [2.45, 2.75) is 52.0 Å². The SMILES string of the molecule is C=CC(=O)OCc1c([C@@](O)(CC)C(=O)NC(C)C)cc2n(c1=O)Cc1cc3ccccc3nc1-2. The van der Waals surface area contributed by atoms with Gasteiger partial charge in [-0.05, 0) is 38.5 Å². The number of ether oxygens (including phenoxy) is 1. The standard InChI is InChI=1S/C26H27N3O5/c1-5-22(30)34-14-18-19(26(33,6-2)25(32)27-15(3)4)12-21-23-17(13-29(21)24(18)31)11-16-9-7-8-10-20(16)28-23/h5,7-12,15,33H,1,6,13-14H2,2-4H3,(H,27,32)/t26-/m0/s1. The lowest BCUT2D eigenvalue weighted by atomic mass is 9.86. The van der Waals surface area contributed by atoms with Gasteiger partial charge < -0.3 is 19.7 Å². The molecule has 0 saturated carbocycles. The van der Waals surface area contributed by atoms with Crippen LogP contribution in [0.1, 0.15) is 43.9 Å². The van der Waals surface area contributed by atoms with Crippen LogP contribution in [-0.2, 0) is 33.1 Å². The third-order valence-corrected chi connectivity index (χ3v) is 6.05. The summed E-state index contributed by atoms with van der Waals surface area (Å²) < 4.78 is 6.71.